The van der Waals surface area contributed by atoms with Gasteiger partial charge in [0, 0.05) is 19.0 Å². The number of rotatable bonds is 8. The molecule has 0 saturated heterocycles. The van der Waals surface area contributed by atoms with Crippen molar-refractivity contribution in [2.45, 2.75) is 33.1 Å². The lowest BCUT2D eigenvalue weighted by Crippen LogP contribution is -2.23. The van der Waals surface area contributed by atoms with Crippen molar-refractivity contribution in [2.75, 3.05) is 6.54 Å². The second-order valence-electron chi connectivity index (χ2n) is 5.36. The molecular weight excluding hydrogens is 266 g/mol. The van der Waals surface area contributed by atoms with Crippen molar-refractivity contribution >= 4 is 18.0 Å². The largest absolute Gasteiger partial charge is 0.481 e. The van der Waals surface area contributed by atoms with Gasteiger partial charge < -0.3 is 10.4 Å². The number of aryl methyl sites for hydroxylation is 1. The first-order chi connectivity index (χ1) is 9.97. The normalized spacial score (nSPS) is 12.3. The molecule has 0 aliphatic heterocycles. The van der Waals surface area contributed by atoms with Crippen LogP contribution >= 0.6 is 0 Å². The standard InChI is InChI=1S/C17H23NO3/c1-13-3-6-15(7-4-13)8-9-16(19)18-12-11-14(2)5-10-17(20)21/h3-4,6-9,14H,5,10-12H2,1-2H3,(H,18,19)(H,20,21). The molecule has 1 aromatic rings. The molecule has 114 valence electrons. The highest BCUT2D eigenvalue weighted by Gasteiger charge is 2.05. The number of amides is 1. The molecule has 1 aromatic carbocycles. The minimum atomic E-state index is -0.771. The molecule has 0 radical (unpaired) electrons. The Bertz CT molecular complexity index is 491. The number of carbonyl (C=O) groups excluding carboxylic acids is 1. The second kappa shape index (κ2) is 8.95. The number of carboxylic acids is 1. The summed E-state index contributed by atoms with van der Waals surface area (Å²) in [6, 6.07) is 7.93. The molecule has 4 heteroatoms. The van der Waals surface area contributed by atoms with Gasteiger partial charge in [0.2, 0.25) is 5.91 Å². The number of carboxylic acid groups (broad SMARTS) is 1. The lowest BCUT2D eigenvalue weighted by atomic mass is 10.0. The van der Waals surface area contributed by atoms with Gasteiger partial charge >= 0.3 is 5.97 Å². The summed E-state index contributed by atoms with van der Waals surface area (Å²) in [5, 5.41) is 11.4. The summed E-state index contributed by atoms with van der Waals surface area (Å²) in [6.07, 6.45) is 4.92. The summed E-state index contributed by atoms with van der Waals surface area (Å²) in [5.74, 6) is -0.601. The molecule has 0 saturated carbocycles. The van der Waals surface area contributed by atoms with Gasteiger partial charge in [0.1, 0.15) is 0 Å². The molecule has 0 heterocycles. The number of benzene rings is 1. The van der Waals surface area contributed by atoms with Gasteiger partial charge in [0.05, 0.1) is 0 Å². The quantitative estimate of drug-likeness (QED) is 0.723. The van der Waals surface area contributed by atoms with Crippen LogP contribution in [0.25, 0.3) is 6.08 Å². The maximum atomic E-state index is 11.6. The van der Waals surface area contributed by atoms with Crippen molar-refractivity contribution in [3.8, 4) is 0 Å². The van der Waals surface area contributed by atoms with E-state index in [0.717, 1.165) is 12.0 Å². The van der Waals surface area contributed by atoms with Crippen LogP contribution in [0.3, 0.4) is 0 Å². The number of hydrogen-bond acceptors (Lipinski definition) is 2. The Morgan fingerprint density at radius 1 is 1.24 bits per heavy atom. The fourth-order valence-corrected chi connectivity index (χ4v) is 1.86. The lowest BCUT2D eigenvalue weighted by molar-refractivity contribution is -0.137. The average molecular weight is 289 g/mol. The van der Waals surface area contributed by atoms with Crippen LogP contribution in [0.2, 0.25) is 0 Å². The first-order valence-electron chi connectivity index (χ1n) is 7.21. The van der Waals surface area contributed by atoms with E-state index >= 15 is 0 Å². The van der Waals surface area contributed by atoms with Gasteiger partial charge in [0.25, 0.3) is 0 Å². The molecule has 0 aliphatic carbocycles. The Morgan fingerprint density at radius 3 is 2.52 bits per heavy atom. The molecule has 1 unspecified atom stereocenters. The predicted molar refractivity (Wildman–Crippen MR) is 83.9 cm³/mol. The van der Waals surface area contributed by atoms with Crippen LogP contribution in [-0.4, -0.2) is 23.5 Å². The molecule has 1 atom stereocenters. The van der Waals surface area contributed by atoms with Crippen molar-refractivity contribution in [3.63, 3.8) is 0 Å². The van der Waals surface area contributed by atoms with Gasteiger partial charge in [-0.1, -0.05) is 36.8 Å². The Labute approximate surface area is 125 Å². The summed E-state index contributed by atoms with van der Waals surface area (Å²) in [6.45, 7) is 4.58. The number of nitrogens with one attached hydrogen (secondary N) is 1. The van der Waals surface area contributed by atoms with Crippen molar-refractivity contribution in [1.82, 2.24) is 5.32 Å². The fourth-order valence-electron chi connectivity index (χ4n) is 1.86. The third-order valence-corrected chi connectivity index (χ3v) is 3.29. The van der Waals surface area contributed by atoms with E-state index in [2.05, 4.69) is 5.32 Å². The highest BCUT2D eigenvalue weighted by Crippen LogP contribution is 2.09. The number of hydrogen-bond donors (Lipinski definition) is 2. The van der Waals surface area contributed by atoms with Gasteiger partial charge in [-0.15, -0.1) is 0 Å². The van der Waals surface area contributed by atoms with E-state index in [1.165, 1.54) is 11.6 Å². The van der Waals surface area contributed by atoms with E-state index in [1.807, 2.05) is 38.1 Å². The maximum Gasteiger partial charge on any atom is 0.303 e. The van der Waals surface area contributed by atoms with Gasteiger partial charge in [-0.05, 0) is 37.3 Å². The third-order valence-electron chi connectivity index (χ3n) is 3.29. The summed E-state index contributed by atoms with van der Waals surface area (Å²) >= 11 is 0. The van der Waals surface area contributed by atoms with Crippen LogP contribution in [0, 0.1) is 12.8 Å². The zero-order valence-corrected chi connectivity index (χ0v) is 12.6. The van der Waals surface area contributed by atoms with Crippen molar-refractivity contribution < 1.29 is 14.7 Å². The van der Waals surface area contributed by atoms with Gasteiger partial charge in [-0.2, -0.15) is 0 Å². The smallest absolute Gasteiger partial charge is 0.303 e. The highest BCUT2D eigenvalue weighted by atomic mass is 16.4. The second-order valence-corrected chi connectivity index (χ2v) is 5.36. The molecule has 1 rings (SSSR count). The molecule has 0 aromatic heterocycles. The lowest BCUT2D eigenvalue weighted by Gasteiger charge is -2.09. The monoisotopic (exact) mass is 289 g/mol. The van der Waals surface area contributed by atoms with Crippen LogP contribution in [0.5, 0.6) is 0 Å². The number of aliphatic carboxylic acids is 1. The minimum absolute atomic E-state index is 0.124. The maximum absolute atomic E-state index is 11.6. The molecule has 0 bridgehead atoms. The Hall–Kier alpha value is -2.10. The van der Waals surface area contributed by atoms with Crippen LogP contribution in [-0.2, 0) is 9.59 Å². The van der Waals surface area contributed by atoms with Gasteiger partial charge in [-0.25, -0.2) is 0 Å². The average Bonchev–Trinajstić information content (AvgIpc) is 2.44. The van der Waals surface area contributed by atoms with Crippen molar-refractivity contribution in [3.05, 3.63) is 41.5 Å². The first-order valence-corrected chi connectivity index (χ1v) is 7.21. The molecule has 1 amide bonds. The molecule has 21 heavy (non-hydrogen) atoms. The molecule has 0 aliphatic rings. The van der Waals surface area contributed by atoms with E-state index in [9.17, 15) is 9.59 Å². The predicted octanol–water partition coefficient (Wildman–Crippen LogP) is 3.02. The third kappa shape index (κ3) is 7.92. The highest BCUT2D eigenvalue weighted by molar-refractivity contribution is 5.91. The van der Waals surface area contributed by atoms with Crippen LogP contribution in [0.1, 0.15) is 37.3 Å². The zero-order chi connectivity index (χ0) is 15.7. The molecule has 4 nitrogen and oxygen atoms in total. The van der Waals surface area contributed by atoms with Crippen LogP contribution < -0.4 is 5.32 Å². The van der Waals surface area contributed by atoms with E-state index < -0.39 is 5.97 Å². The van der Waals surface area contributed by atoms with E-state index in [-0.39, 0.29) is 12.3 Å². The minimum Gasteiger partial charge on any atom is -0.481 e. The van der Waals surface area contributed by atoms with Gasteiger partial charge in [-0.3, -0.25) is 9.59 Å². The van der Waals surface area contributed by atoms with E-state index in [0.29, 0.717) is 18.9 Å². The Kier molecular flexibility index (Phi) is 7.23. The Morgan fingerprint density at radius 2 is 1.90 bits per heavy atom. The molecular formula is C17H23NO3. The summed E-state index contributed by atoms with van der Waals surface area (Å²) in [4.78, 5) is 22.1. The zero-order valence-electron chi connectivity index (χ0n) is 12.6. The van der Waals surface area contributed by atoms with Crippen molar-refractivity contribution in [1.29, 1.82) is 0 Å². The summed E-state index contributed by atoms with van der Waals surface area (Å²) in [7, 11) is 0. The molecule has 0 fully saturated rings. The van der Waals surface area contributed by atoms with Gasteiger partial charge in [0.15, 0.2) is 0 Å². The van der Waals surface area contributed by atoms with Crippen molar-refractivity contribution in [2.24, 2.45) is 5.92 Å². The topological polar surface area (TPSA) is 66.4 Å². The fraction of sp³-hybridized carbons (Fsp3) is 0.412. The summed E-state index contributed by atoms with van der Waals surface area (Å²) < 4.78 is 0. The number of carbonyl (C=O) groups is 2. The Balaban J connectivity index is 2.24. The van der Waals surface area contributed by atoms with Crippen LogP contribution in [0.15, 0.2) is 30.3 Å². The SMILES string of the molecule is Cc1ccc(C=CC(=O)NCCC(C)CCC(=O)O)cc1. The first kappa shape index (κ1) is 17.0. The summed E-state index contributed by atoms with van der Waals surface area (Å²) in [5.41, 5.74) is 2.18. The molecule has 2 N–H and O–H groups in total. The molecule has 0 spiro atoms. The van der Waals surface area contributed by atoms with E-state index in [1.54, 1.807) is 6.08 Å². The van der Waals surface area contributed by atoms with E-state index in [4.69, 9.17) is 5.11 Å². The van der Waals surface area contributed by atoms with Crippen LogP contribution in [0.4, 0.5) is 0 Å².